The van der Waals surface area contributed by atoms with Crippen LogP contribution in [0.15, 0.2) is 0 Å². The number of amides is 1. The molecular formula is C49H95NO7. The normalized spacial score (nSPS) is 12.1. The lowest BCUT2D eigenvalue weighted by atomic mass is 9.94. The lowest BCUT2D eigenvalue weighted by molar-refractivity contribution is -0.145. The second-order valence-electron chi connectivity index (χ2n) is 16.9. The van der Waals surface area contributed by atoms with E-state index in [1.807, 2.05) is 0 Å². The first-order valence-electron chi connectivity index (χ1n) is 24.6. The number of carbonyl (C=O) groups excluding carboxylic acids is 2. The SMILES string of the molecule is CCCCCCCCCCCC(=O)NC(CCC(=O)O)C(=O)O.CCCCCCCCCCCC(=O)OCC(CCCCCCCC)CCCCCCCCCC. The molecule has 1 amide bonds. The minimum absolute atomic E-state index is 0.0480. The first-order valence-corrected chi connectivity index (χ1v) is 24.6. The van der Waals surface area contributed by atoms with E-state index in [1.165, 1.54) is 193 Å². The number of hydrogen-bond acceptors (Lipinski definition) is 5. The summed E-state index contributed by atoms with van der Waals surface area (Å²) in [6.45, 7) is 9.70. The number of esters is 1. The van der Waals surface area contributed by atoms with Gasteiger partial charge in [-0.2, -0.15) is 0 Å². The molecule has 8 nitrogen and oxygen atoms in total. The molecule has 0 saturated heterocycles. The van der Waals surface area contributed by atoms with Gasteiger partial charge in [-0.3, -0.25) is 14.4 Å². The lowest BCUT2D eigenvalue weighted by Gasteiger charge is -2.17. The Hall–Kier alpha value is -2.12. The molecule has 0 saturated carbocycles. The second kappa shape index (κ2) is 46.6. The van der Waals surface area contributed by atoms with E-state index in [1.54, 1.807) is 0 Å². The van der Waals surface area contributed by atoms with Gasteiger partial charge in [-0.05, 0) is 38.0 Å². The van der Waals surface area contributed by atoms with Crippen LogP contribution >= 0.6 is 0 Å². The van der Waals surface area contributed by atoms with Crippen LogP contribution in [0.3, 0.4) is 0 Å². The monoisotopic (exact) mass is 810 g/mol. The molecule has 2 atom stereocenters. The zero-order valence-corrected chi connectivity index (χ0v) is 38.2. The van der Waals surface area contributed by atoms with E-state index in [4.69, 9.17) is 14.9 Å². The quantitative estimate of drug-likeness (QED) is 0.0413. The average molecular weight is 810 g/mol. The fraction of sp³-hybridized carbons (Fsp3) is 0.918. The van der Waals surface area contributed by atoms with Crippen LogP contribution in [0.5, 0.6) is 0 Å². The number of carbonyl (C=O) groups is 4. The predicted octanol–water partition coefficient (Wildman–Crippen LogP) is 14.7. The van der Waals surface area contributed by atoms with Gasteiger partial charge in [0.05, 0.1) is 6.61 Å². The predicted molar refractivity (Wildman–Crippen MR) is 240 cm³/mol. The molecule has 0 heterocycles. The summed E-state index contributed by atoms with van der Waals surface area (Å²) >= 11 is 0. The van der Waals surface area contributed by atoms with Crippen molar-refractivity contribution in [1.82, 2.24) is 5.32 Å². The Balaban J connectivity index is 0. The lowest BCUT2D eigenvalue weighted by Crippen LogP contribution is -2.41. The summed E-state index contributed by atoms with van der Waals surface area (Å²) in [5.74, 6) is -1.94. The van der Waals surface area contributed by atoms with Gasteiger partial charge in [0.15, 0.2) is 0 Å². The Morgan fingerprint density at radius 1 is 0.421 bits per heavy atom. The van der Waals surface area contributed by atoms with Gasteiger partial charge in [-0.1, -0.05) is 220 Å². The molecule has 0 aliphatic carbocycles. The summed E-state index contributed by atoms with van der Waals surface area (Å²) in [6.07, 6.45) is 44.1. The van der Waals surface area contributed by atoms with E-state index in [2.05, 4.69) is 33.0 Å². The minimum Gasteiger partial charge on any atom is -0.481 e. The van der Waals surface area contributed by atoms with Crippen molar-refractivity contribution in [2.45, 2.75) is 278 Å². The highest BCUT2D eigenvalue weighted by molar-refractivity contribution is 5.83. The molecule has 0 aliphatic rings. The van der Waals surface area contributed by atoms with Gasteiger partial charge < -0.3 is 20.3 Å². The van der Waals surface area contributed by atoms with Gasteiger partial charge >= 0.3 is 17.9 Å². The Morgan fingerprint density at radius 3 is 1.11 bits per heavy atom. The first-order chi connectivity index (χ1) is 27.7. The molecule has 0 rings (SSSR count). The van der Waals surface area contributed by atoms with Crippen molar-refractivity contribution in [1.29, 1.82) is 0 Å². The number of nitrogens with one attached hydrogen (secondary N) is 1. The van der Waals surface area contributed by atoms with Crippen LogP contribution in [0.4, 0.5) is 0 Å². The highest BCUT2D eigenvalue weighted by Gasteiger charge is 2.20. The maximum atomic E-state index is 12.3. The third-order valence-corrected chi connectivity index (χ3v) is 11.2. The third kappa shape index (κ3) is 46.4. The molecule has 0 fully saturated rings. The van der Waals surface area contributed by atoms with Crippen molar-refractivity contribution in [3.63, 3.8) is 0 Å². The Bertz CT molecular complexity index is 895. The molecule has 57 heavy (non-hydrogen) atoms. The van der Waals surface area contributed by atoms with Gasteiger partial charge in [-0.15, -0.1) is 0 Å². The second-order valence-corrected chi connectivity index (χ2v) is 16.9. The van der Waals surface area contributed by atoms with Crippen LogP contribution in [0.1, 0.15) is 272 Å². The number of carboxylic acids is 2. The largest absolute Gasteiger partial charge is 0.481 e. The molecule has 0 aromatic heterocycles. The van der Waals surface area contributed by atoms with E-state index >= 15 is 0 Å². The topological polar surface area (TPSA) is 130 Å². The summed E-state index contributed by atoms with van der Waals surface area (Å²) in [7, 11) is 0. The summed E-state index contributed by atoms with van der Waals surface area (Å²) < 4.78 is 5.76. The van der Waals surface area contributed by atoms with Crippen LogP contribution < -0.4 is 5.32 Å². The van der Waals surface area contributed by atoms with Gasteiger partial charge in [0.25, 0.3) is 0 Å². The third-order valence-electron chi connectivity index (χ3n) is 11.2. The van der Waals surface area contributed by atoms with Crippen LogP contribution in [0.25, 0.3) is 0 Å². The number of carboxylic acid groups (broad SMARTS) is 2. The van der Waals surface area contributed by atoms with Crippen molar-refractivity contribution in [2.24, 2.45) is 5.92 Å². The molecule has 8 heteroatoms. The van der Waals surface area contributed by atoms with Crippen LogP contribution in [0.2, 0.25) is 0 Å². The molecule has 0 radical (unpaired) electrons. The van der Waals surface area contributed by atoms with E-state index in [-0.39, 0.29) is 24.7 Å². The molecule has 2 unspecified atom stereocenters. The minimum atomic E-state index is -1.19. The van der Waals surface area contributed by atoms with Gasteiger partial charge in [-0.25, -0.2) is 4.79 Å². The molecule has 0 aromatic carbocycles. The van der Waals surface area contributed by atoms with Crippen LogP contribution in [0, 0.1) is 5.92 Å². The summed E-state index contributed by atoms with van der Waals surface area (Å²) in [6, 6.07) is -1.11. The van der Waals surface area contributed by atoms with Gasteiger partial charge in [0.2, 0.25) is 5.91 Å². The molecule has 3 N–H and O–H groups in total. The number of hydrogen-bond donors (Lipinski definition) is 3. The summed E-state index contributed by atoms with van der Waals surface area (Å²) in [5.41, 5.74) is 0. The molecular weight excluding hydrogens is 715 g/mol. The summed E-state index contributed by atoms with van der Waals surface area (Å²) in [4.78, 5) is 45.4. The fourth-order valence-electron chi connectivity index (χ4n) is 7.34. The zero-order valence-electron chi connectivity index (χ0n) is 38.2. The van der Waals surface area contributed by atoms with E-state index in [0.717, 1.165) is 25.7 Å². The average Bonchev–Trinajstić information content (AvgIpc) is 3.19. The van der Waals surface area contributed by atoms with E-state index < -0.39 is 18.0 Å². The van der Waals surface area contributed by atoms with Crippen molar-refractivity contribution >= 4 is 23.8 Å². The smallest absolute Gasteiger partial charge is 0.326 e. The highest BCUT2D eigenvalue weighted by atomic mass is 16.5. The molecule has 0 aliphatic heterocycles. The van der Waals surface area contributed by atoms with E-state index in [9.17, 15) is 19.2 Å². The molecule has 0 bridgehead atoms. The number of unbranched alkanes of at least 4 members (excludes halogenated alkanes) is 28. The Morgan fingerprint density at radius 2 is 0.754 bits per heavy atom. The van der Waals surface area contributed by atoms with E-state index in [0.29, 0.717) is 25.4 Å². The number of aliphatic carboxylic acids is 2. The fourth-order valence-corrected chi connectivity index (χ4v) is 7.34. The Kier molecular flexibility index (Phi) is 46.5. The van der Waals surface area contributed by atoms with Gasteiger partial charge in [0, 0.05) is 19.3 Å². The van der Waals surface area contributed by atoms with Crippen LogP contribution in [-0.4, -0.2) is 46.7 Å². The van der Waals surface area contributed by atoms with Crippen molar-refractivity contribution < 1.29 is 34.1 Å². The van der Waals surface area contributed by atoms with Crippen molar-refractivity contribution in [2.75, 3.05) is 6.61 Å². The first kappa shape index (κ1) is 57.0. The maximum Gasteiger partial charge on any atom is 0.326 e. The number of ether oxygens (including phenoxy) is 1. The zero-order chi connectivity index (χ0) is 42.5. The van der Waals surface area contributed by atoms with Crippen molar-refractivity contribution in [3.05, 3.63) is 0 Å². The molecule has 0 aromatic rings. The van der Waals surface area contributed by atoms with Gasteiger partial charge in [0.1, 0.15) is 6.04 Å². The maximum absolute atomic E-state index is 12.3. The summed E-state index contributed by atoms with van der Waals surface area (Å²) in [5, 5.41) is 19.9. The van der Waals surface area contributed by atoms with Crippen LogP contribution in [-0.2, 0) is 23.9 Å². The van der Waals surface area contributed by atoms with Crippen molar-refractivity contribution in [3.8, 4) is 0 Å². The molecule has 0 spiro atoms. The highest BCUT2D eigenvalue weighted by Crippen LogP contribution is 2.21. The molecule has 338 valence electrons. The standard InChI is InChI=1S/C32H64O2.C17H31NO5/c1-4-7-10-13-16-18-20-23-26-29-32(33)34-30-31(27-24-21-15-12-9-6-3)28-25-22-19-17-14-11-8-5-2;1-2-3-4-5-6-7-8-9-10-11-15(19)18-14(17(22)23)12-13-16(20)21/h31H,4-30H2,1-3H3;14H,2-13H2,1H3,(H,18,19)(H,20,21)(H,22,23). The Labute approximate surface area is 352 Å². The number of rotatable bonds is 43.